The molecule has 0 aliphatic rings. The van der Waals surface area contributed by atoms with Crippen molar-refractivity contribution in [2.75, 3.05) is 0 Å². The van der Waals surface area contributed by atoms with Crippen molar-refractivity contribution >= 4 is 17.6 Å². The summed E-state index contributed by atoms with van der Waals surface area (Å²) < 4.78 is 0. The highest BCUT2D eigenvalue weighted by Crippen LogP contribution is 2.43. The topological polar surface area (TPSA) is 124 Å². The van der Waals surface area contributed by atoms with Gasteiger partial charge in [-0.15, -0.1) is 0 Å². The third-order valence-corrected chi connectivity index (χ3v) is 2.21. The van der Waals surface area contributed by atoms with Crippen molar-refractivity contribution in [1.82, 2.24) is 0 Å². The first-order valence-electron chi connectivity index (χ1n) is 3.78. The van der Waals surface area contributed by atoms with E-state index in [9.17, 15) is 15.0 Å². The fourth-order valence-electron chi connectivity index (χ4n) is 1.05. The predicted octanol–water partition coefficient (Wildman–Crippen LogP) is 0.541. The zero-order valence-corrected chi connectivity index (χ0v) is 8.06. The van der Waals surface area contributed by atoms with Crippen LogP contribution in [0.25, 0.3) is 0 Å². The molecule has 0 saturated heterocycles. The lowest BCUT2D eigenvalue weighted by atomic mass is 10.1. The molecule has 0 aliphatic carbocycles. The van der Waals surface area contributed by atoms with Crippen LogP contribution in [0.2, 0.25) is 5.02 Å². The van der Waals surface area contributed by atoms with Crippen LogP contribution in [0.5, 0.6) is 17.2 Å². The summed E-state index contributed by atoms with van der Waals surface area (Å²) in [5.41, 5.74) is 4.78. The summed E-state index contributed by atoms with van der Waals surface area (Å²) >= 11 is 5.54. The fraction of sp³-hybridized carbons (Fsp3) is 0.125. The Balaban J connectivity index is 3.45. The van der Waals surface area contributed by atoms with Crippen molar-refractivity contribution in [1.29, 1.82) is 0 Å². The Labute approximate surface area is 89.1 Å². The van der Waals surface area contributed by atoms with Gasteiger partial charge >= 0.3 is 5.97 Å². The monoisotopic (exact) mass is 233 g/mol. The zero-order valence-electron chi connectivity index (χ0n) is 7.31. The Morgan fingerprint density at radius 1 is 1.33 bits per heavy atom. The van der Waals surface area contributed by atoms with Gasteiger partial charge in [-0.1, -0.05) is 11.6 Å². The predicted molar refractivity (Wildman–Crippen MR) is 51.0 cm³/mol. The van der Waals surface area contributed by atoms with Gasteiger partial charge in [-0.2, -0.15) is 0 Å². The van der Waals surface area contributed by atoms with E-state index >= 15 is 0 Å². The Bertz CT molecular complexity index is 394. The maximum Gasteiger partial charge on any atom is 0.325 e. The maximum absolute atomic E-state index is 10.6. The van der Waals surface area contributed by atoms with E-state index in [4.69, 9.17) is 27.5 Å². The molecule has 1 rings (SSSR count). The average molecular weight is 234 g/mol. The van der Waals surface area contributed by atoms with Crippen LogP contribution in [-0.4, -0.2) is 26.4 Å². The van der Waals surface area contributed by atoms with Crippen LogP contribution < -0.4 is 5.73 Å². The van der Waals surface area contributed by atoms with E-state index in [1.54, 1.807) is 0 Å². The number of nitrogens with two attached hydrogens (primary N) is 1. The van der Waals surface area contributed by atoms with E-state index in [1.165, 1.54) is 0 Å². The van der Waals surface area contributed by atoms with Gasteiger partial charge in [0.2, 0.25) is 0 Å². The van der Waals surface area contributed by atoms with E-state index in [0.717, 1.165) is 6.07 Å². The number of aromatic hydroxyl groups is 3. The van der Waals surface area contributed by atoms with Crippen LogP contribution in [0.15, 0.2) is 6.07 Å². The van der Waals surface area contributed by atoms with Gasteiger partial charge < -0.3 is 26.2 Å². The Kier molecular flexibility index (Phi) is 2.92. The molecule has 6 nitrogen and oxygen atoms in total. The van der Waals surface area contributed by atoms with Crippen LogP contribution >= 0.6 is 11.6 Å². The van der Waals surface area contributed by atoms with Gasteiger partial charge in [0.05, 0.1) is 5.02 Å². The molecule has 1 aromatic carbocycles. The van der Waals surface area contributed by atoms with Gasteiger partial charge in [0.1, 0.15) is 11.8 Å². The standard InChI is InChI=1S/C8H8ClNO5/c9-5-2(11)1-3(12)7(13)4(5)6(10)8(14)15/h1,6,11-13H,10H2,(H,14,15). The number of benzene rings is 1. The molecule has 1 aromatic rings. The lowest BCUT2D eigenvalue weighted by molar-refractivity contribution is -0.138. The van der Waals surface area contributed by atoms with Crippen LogP contribution in [0.4, 0.5) is 0 Å². The summed E-state index contributed by atoms with van der Waals surface area (Å²) in [5.74, 6) is -3.45. The molecule has 0 saturated carbocycles. The molecule has 0 spiro atoms. The number of hydrogen-bond donors (Lipinski definition) is 5. The van der Waals surface area contributed by atoms with Crippen molar-refractivity contribution in [3.05, 3.63) is 16.7 Å². The second kappa shape index (κ2) is 3.84. The molecule has 0 aliphatic heterocycles. The third-order valence-electron chi connectivity index (χ3n) is 1.81. The SMILES string of the molecule is NC(C(=O)O)c1c(O)c(O)cc(O)c1Cl. The molecular weight excluding hydrogens is 226 g/mol. The van der Waals surface area contributed by atoms with Gasteiger partial charge in [-0.25, -0.2) is 0 Å². The van der Waals surface area contributed by atoms with Crippen molar-refractivity contribution in [2.24, 2.45) is 5.73 Å². The number of halogens is 1. The van der Waals surface area contributed by atoms with Crippen LogP contribution in [-0.2, 0) is 4.79 Å². The molecule has 0 bridgehead atoms. The van der Waals surface area contributed by atoms with E-state index in [0.29, 0.717) is 0 Å². The van der Waals surface area contributed by atoms with Gasteiger partial charge in [-0.05, 0) is 0 Å². The van der Waals surface area contributed by atoms with E-state index in [2.05, 4.69) is 0 Å². The summed E-state index contributed by atoms with van der Waals surface area (Å²) in [4.78, 5) is 10.6. The summed E-state index contributed by atoms with van der Waals surface area (Å²) in [6, 6.07) is -0.842. The Morgan fingerprint density at radius 2 is 1.87 bits per heavy atom. The summed E-state index contributed by atoms with van der Waals surface area (Å²) in [5, 5.41) is 35.8. The number of rotatable bonds is 2. The molecule has 82 valence electrons. The quantitative estimate of drug-likeness (QED) is 0.375. The van der Waals surface area contributed by atoms with Crippen LogP contribution in [0.1, 0.15) is 11.6 Å². The second-order valence-corrected chi connectivity index (χ2v) is 3.18. The molecule has 1 atom stereocenters. The highest BCUT2D eigenvalue weighted by molar-refractivity contribution is 6.33. The maximum atomic E-state index is 10.6. The zero-order chi connectivity index (χ0) is 11.7. The van der Waals surface area contributed by atoms with E-state index < -0.39 is 39.8 Å². The number of aliphatic carboxylic acids is 1. The number of hydrogen-bond acceptors (Lipinski definition) is 5. The van der Waals surface area contributed by atoms with Gasteiger partial charge in [0, 0.05) is 11.6 Å². The minimum absolute atomic E-state index is 0.403. The van der Waals surface area contributed by atoms with Crippen molar-refractivity contribution in [3.8, 4) is 17.2 Å². The first kappa shape index (κ1) is 11.4. The molecule has 0 fully saturated rings. The minimum atomic E-state index is -1.63. The average Bonchev–Trinajstić information content (AvgIpc) is 2.15. The molecule has 7 heteroatoms. The van der Waals surface area contributed by atoms with Crippen molar-refractivity contribution in [3.63, 3.8) is 0 Å². The summed E-state index contributed by atoms with van der Waals surface area (Å²) in [7, 11) is 0. The largest absolute Gasteiger partial charge is 0.506 e. The summed E-state index contributed by atoms with van der Waals surface area (Å²) in [6.07, 6.45) is 0. The molecule has 0 amide bonds. The van der Waals surface area contributed by atoms with Crippen molar-refractivity contribution in [2.45, 2.75) is 6.04 Å². The van der Waals surface area contributed by atoms with Crippen molar-refractivity contribution < 1.29 is 25.2 Å². The molecule has 0 radical (unpaired) electrons. The number of carboxylic acids is 1. The highest BCUT2D eigenvalue weighted by Gasteiger charge is 2.25. The molecule has 0 aromatic heterocycles. The Morgan fingerprint density at radius 3 is 2.33 bits per heavy atom. The number of phenols is 3. The normalized spacial score (nSPS) is 12.4. The highest BCUT2D eigenvalue weighted by atomic mass is 35.5. The van der Waals surface area contributed by atoms with Gasteiger partial charge in [0.15, 0.2) is 11.5 Å². The number of carbonyl (C=O) groups is 1. The smallest absolute Gasteiger partial charge is 0.325 e. The third kappa shape index (κ3) is 1.90. The van der Waals surface area contributed by atoms with Gasteiger partial charge in [0.25, 0.3) is 0 Å². The van der Waals surface area contributed by atoms with Crippen LogP contribution in [0.3, 0.4) is 0 Å². The molecule has 1 unspecified atom stereocenters. The molecule has 6 N–H and O–H groups in total. The lowest BCUT2D eigenvalue weighted by Crippen LogP contribution is -2.21. The Hall–Kier alpha value is -1.66. The molecule has 0 heterocycles. The van der Waals surface area contributed by atoms with Crippen LogP contribution in [0, 0.1) is 0 Å². The van der Waals surface area contributed by atoms with Gasteiger partial charge in [-0.3, -0.25) is 4.79 Å². The minimum Gasteiger partial charge on any atom is -0.506 e. The van der Waals surface area contributed by atoms with E-state index in [1.807, 2.05) is 0 Å². The first-order chi connectivity index (χ1) is 6.86. The fourth-order valence-corrected chi connectivity index (χ4v) is 1.31. The molecule has 15 heavy (non-hydrogen) atoms. The molecular formula is C8H8ClNO5. The van der Waals surface area contributed by atoms with E-state index in [-0.39, 0.29) is 0 Å². The first-order valence-corrected chi connectivity index (χ1v) is 4.15. The lowest BCUT2D eigenvalue weighted by Gasteiger charge is -2.13. The number of phenolic OH excluding ortho intramolecular Hbond substituents is 3. The number of carboxylic acid groups (broad SMARTS) is 1. The second-order valence-electron chi connectivity index (χ2n) is 2.81. The summed E-state index contributed by atoms with van der Waals surface area (Å²) in [6.45, 7) is 0.